The fraction of sp³-hybridized carbons (Fsp3) is 0.429. The summed E-state index contributed by atoms with van der Waals surface area (Å²) in [6.07, 6.45) is 0. The molecule has 0 atom stereocenters. The third-order valence-electron chi connectivity index (χ3n) is 6.18. The fourth-order valence-electron chi connectivity index (χ4n) is 3.89. The molecule has 1 heterocycles. The Morgan fingerprint density at radius 3 is 1.43 bits per heavy atom. The van der Waals surface area contributed by atoms with Crippen molar-refractivity contribution in [3.63, 3.8) is 0 Å². The zero-order valence-corrected chi connectivity index (χ0v) is 19.5. The molecule has 6 nitrogen and oxygen atoms in total. The van der Waals surface area contributed by atoms with Crippen molar-refractivity contribution in [2.75, 3.05) is 26.2 Å². The number of sulfonamides is 2. The smallest absolute Gasteiger partial charge is 0.207 e. The minimum atomic E-state index is -3.80. The van der Waals surface area contributed by atoms with E-state index in [1.807, 2.05) is 34.6 Å². The van der Waals surface area contributed by atoms with Crippen LogP contribution in [0.4, 0.5) is 4.39 Å². The highest BCUT2D eigenvalue weighted by Gasteiger charge is 2.35. The molecule has 0 N–H and O–H groups in total. The van der Waals surface area contributed by atoms with Crippen molar-refractivity contribution in [2.24, 2.45) is 0 Å². The van der Waals surface area contributed by atoms with E-state index in [4.69, 9.17) is 0 Å². The number of piperazine rings is 1. The predicted octanol–water partition coefficient (Wildman–Crippen LogP) is 3.06. The Labute approximate surface area is 178 Å². The molecule has 30 heavy (non-hydrogen) atoms. The molecule has 2 aromatic rings. The van der Waals surface area contributed by atoms with Crippen molar-refractivity contribution in [3.05, 3.63) is 57.9 Å². The number of benzene rings is 2. The normalized spacial score (nSPS) is 16.7. The van der Waals surface area contributed by atoms with Crippen LogP contribution in [0.3, 0.4) is 0 Å². The van der Waals surface area contributed by atoms with E-state index >= 15 is 0 Å². The number of hydrogen-bond acceptors (Lipinski definition) is 4. The van der Waals surface area contributed by atoms with Crippen LogP contribution in [-0.4, -0.2) is 51.6 Å². The highest BCUT2D eigenvalue weighted by atomic mass is 32.2. The van der Waals surface area contributed by atoms with Crippen LogP contribution >= 0.6 is 0 Å². The molecule has 164 valence electrons. The second kappa shape index (κ2) is 8.03. The van der Waals surface area contributed by atoms with E-state index < -0.39 is 25.9 Å². The third kappa shape index (κ3) is 3.79. The van der Waals surface area contributed by atoms with Crippen LogP contribution in [-0.2, 0) is 20.0 Å². The highest BCUT2D eigenvalue weighted by Crippen LogP contribution is 2.32. The van der Waals surface area contributed by atoms with Crippen LogP contribution in [0.25, 0.3) is 0 Å². The van der Waals surface area contributed by atoms with Crippen molar-refractivity contribution in [3.8, 4) is 0 Å². The molecule has 0 amide bonds. The maximum atomic E-state index is 13.4. The fourth-order valence-corrected chi connectivity index (χ4v) is 7.29. The van der Waals surface area contributed by atoms with E-state index in [0.29, 0.717) is 4.90 Å². The molecular weight excluding hydrogens is 427 g/mol. The molecule has 3 rings (SSSR count). The third-order valence-corrected chi connectivity index (χ3v) is 10.3. The van der Waals surface area contributed by atoms with Gasteiger partial charge in [-0.25, -0.2) is 21.2 Å². The standard InChI is InChI=1S/C21H27FN2O4S2/c1-14-15(2)17(4)21(18(5)16(14)3)30(27,28)24-12-10-23(11-13-24)29(25,26)20-8-6-19(22)7-9-20/h6-9H,10-13H2,1-5H3. The number of rotatable bonds is 4. The first-order valence-corrected chi connectivity index (χ1v) is 12.6. The van der Waals surface area contributed by atoms with Crippen LogP contribution in [0, 0.1) is 40.4 Å². The second-order valence-corrected chi connectivity index (χ2v) is 11.5. The molecular formula is C21H27FN2O4S2. The molecule has 1 aliphatic heterocycles. The zero-order valence-electron chi connectivity index (χ0n) is 17.9. The van der Waals surface area contributed by atoms with Gasteiger partial charge >= 0.3 is 0 Å². The molecule has 0 saturated carbocycles. The van der Waals surface area contributed by atoms with Gasteiger partial charge in [-0.05, 0) is 86.7 Å². The lowest BCUT2D eigenvalue weighted by atomic mass is 9.95. The van der Waals surface area contributed by atoms with E-state index in [2.05, 4.69) is 0 Å². The summed E-state index contributed by atoms with van der Waals surface area (Å²) in [7, 11) is -7.56. The molecule has 0 aromatic heterocycles. The molecule has 9 heteroatoms. The maximum absolute atomic E-state index is 13.4. The van der Waals surface area contributed by atoms with Crippen LogP contribution in [0.1, 0.15) is 27.8 Å². The molecule has 0 radical (unpaired) electrons. The van der Waals surface area contributed by atoms with Gasteiger partial charge in [0.1, 0.15) is 5.82 Å². The lowest BCUT2D eigenvalue weighted by molar-refractivity contribution is 0.272. The van der Waals surface area contributed by atoms with Crippen LogP contribution in [0.15, 0.2) is 34.1 Å². The summed E-state index contributed by atoms with van der Waals surface area (Å²) in [6, 6.07) is 4.64. The first-order valence-electron chi connectivity index (χ1n) is 9.72. The first-order chi connectivity index (χ1) is 13.9. The average Bonchev–Trinajstić information content (AvgIpc) is 2.71. The molecule has 0 bridgehead atoms. The van der Waals surface area contributed by atoms with E-state index in [-0.39, 0.29) is 31.1 Å². The van der Waals surface area contributed by atoms with Crippen molar-refractivity contribution in [1.29, 1.82) is 0 Å². The van der Waals surface area contributed by atoms with Gasteiger partial charge in [0, 0.05) is 26.2 Å². The zero-order chi connectivity index (χ0) is 22.4. The summed E-state index contributed by atoms with van der Waals surface area (Å²) in [5.41, 5.74) is 4.46. The Bertz CT molecular complexity index is 1150. The summed E-state index contributed by atoms with van der Waals surface area (Å²) in [6.45, 7) is 9.67. The van der Waals surface area contributed by atoms with Gasteiger partial charge in [-0.3, -0.25) is 0 Å². The number of halogens is 1. The van der Waals surface area contributed by atoms with Gasteiger partial charge < -0.3 is 0 Å². The van der Waals surface area contributed by atoms with Crippen molar-refractivity contribution in [2.45, 2.75) is 44.4 Å². The Morgan fingerprint density at radius 2 is 1.00 bits per heavy atom. The van der Waals surface area contributed by atoms with E-state index in [0.717, 1.165) is 39.9 Å². The summed E-state index contributed by atoms with van der Waals surface area (Å²) < 4.78 is 68.2. The quantitative estimate of drug-likeness (QED) is 0.712. The van der Waals surface area contributed by atoms with E-state index in [1.165, 1.54) is 20.7 Å². The van der Waals surface area contributed by atoms with E-state index in [9.17, 15) is 21.2 Å². The predicted molar refractivity (Wildman–Crippen MR) is 114 cm³/mol. The SMILES string of the molecule is Cc1c(C)c(C)c(S(=O)(=O)N2CCN(S(=O)(=O)c3ccc(F)cc3)CC2)c(C)c1C. The minimum absolute atomic E-state index is 0.00307. The van der Waals surface area contributed by atoms with Gasteiger partial charge in [0.15, 0.2) is 0 Å². The lowest BCUT2D eigenvalue weighted by Gasteiger charge is -2.34. The Balaban J connectivity index is 1.87. The topological polar surface area (TPSA) is 74.8 Å². The molecule has 1 aliphatic rings. The second-order valence-electron chi connectivity index (χ2n) is 7.72. The Morgan fingerprint density at radius 1 is 0.633 bits per heavy atom. The molecule has 0 unspecified atom stereocenters. The molecule has 2 aromatic carbocycles. The van der Waals surface area contributed by atoms with Gasteiger partial charge in [-0.15, -0.1) is 0 Å². The highest BCUT2D eigenvalue weighted by molar-refractivity contribution is 7.89. The number of hydrogen-bond donors (Lipinski definition) is 0. The molecule has 1 saturated heterocycles. The summed E-state index contributed by atoms with van der Waals surface area (Å²) in [4.78, 5) is 0.314. The molecule has 0 aliphatic carbocycles. The van der Waals surface area contributed by atoms with Gasteiger partial charge in [-0.1, -0.05) is 0 Å². The van der Waals surface area contributed by atoms with Gasteiger partial charge in [-0.2, -0.15) is 8.61 Å². The maximum Gasteiger partial charge on any atom is 0.243 e. The van der Waals surface area contributed by atoms with Gasteiger partial charge in [0.05, 0.1) is 9.79 Å². The Hall–Kier alpha value is -1.81. The lowest BCUT2D eigenvalue weighted by Crippen LogP contribution is -2.50. The summed E-state index contributed by atoms with van der Waals surface area (Å²) in [5, 5.41) is 0. The van der Waals surface area contributed by atoms with Gasteiger partial charge in [0.2, 0.25) is 20.0 Å². The van der Waals surface area contributed by atoms with Crippen LogP contribution < -0.4 is 0 Å². The monoisotopic (exact) mass is 454 g/mol. The van der Waals surface area contributed by atoms with Crippen LogP contribution in [0.5, 0.6) is 0 Å². The largest absolute Gasteiger partial charge is 0.243 e. The molecule has 0 spiro atoms. The Kier molecular flexibility index (Phi) is 6.12. The average molecular weight is 455 g/mol. The summed E-state index contributed by atoms with van der Waals surface area (Å²) in [5.74, 6) is -0.515. The molecule has 1 fully saturated rings. The van der Waals surface area contributed by atoms with Crippen molar-refractivity contribution >= 4 is 20.0 Å². The van der Waals surface area contributed by atoms with Crippen molar-refractivity contribution in [1.82, 2.24) is 8.61 Å². The summed E-state index contributed by atoms with van der Waals surface area (Å²) >= 11 is 0. The van der Waals surface area contributed by atoms with Gasteiger partial charge in [0.25, 0.3) is 0 Å². The minimum Gasteiger partial charge on any atom is -0.207 e. The van der Waals surface area contributed by atoms with Crippen molar-refractivity contribution < 1.29 is 21.2 Å². The first kappa shape index (κ1) is 22.9. The van der Waals surface area contributed by atoms with Crippen LogP contribution in [0.2, 0.25) is 0 Å². The number of nitrogens with zero attached hydrogens (tertiary/aromatic N) is 2. The van der Waals surface area contributed by atoms with E-state index in [1.54, 1.807) is 0 Å².